The normalized spacial score (nSPS) is 13.4. The van der Waals surface area contributed by atoms with E-state index in [0.29, 0.717) is 15.9 Å². The summed E-state index contributed by atoms with van der Waals surface area (Å²) in [5.41, 5.74) is 1.53. The minimum atomic E-state index is -0.477. The van der Waals surface area contributed by atoms with Crippen LogP contribution in [0.3, 0.4) is 0 Å². The van der Waals surface area contributed by atoms with E-state index in [1.54, 1.807) is 24.5 Å². The van der Waals surface area contributed by atoms with Crippen LogP contribution in [0.15, 0.2) is 12.1 Å². The number of fused-ring (bicyclic) bond motifs is 1. The lowest BCUT2D eigenvalue weighted by atomic mass is 10.1. The van der Waals surface area contributed by atoms with Gasteiger partial charge in [-0.3, -0.25) is 4.79 Å². The lowest BCUT2D eigenvalue weighted by molar-refractivity contribution is -0.125. The van der Waals surface area contributed by atoms with E-state index < -0.39 is 6.04 Å². The molecule has 0 aliphatic heterocycles. The number of hydrogen-bond acceptors (Lipinski definition) is 2. The molecule has 114 valence electrons. The van der Waals surface area contributed by atoms with E-state index in [1.165, 1.54) is 6.07 Å². The van der Waals surface area contributed by atoms with Crippen molar-refractivity contribution in [1.82, 2.24) is 14.9 Å². The van der Waals surface area contributed by atoms with Crippen molar-refractivity contribution in [2.24, 2.45) is 0 Å². The van der Waals surface area contributed by atoms with Gasteiger partial charge in [0.15, 0.2) is 4.77 Å². The summed E-state index contributed by atoms with van der Waals surface area (Å²) in [7, 11) is 0. The topological polar surface area (TPSA) is 49.8 Å². The van der Waals surface area contributed by atoms with Gasteiger partial charge in [-0.05, 0) is 64.5 Å². The van der Waals surface area contributed by atoms with Crippen molar-refractivity contribution in [3.63, 3.8) is 0 Å². The quantitative estimate of drug-likeness (QED) is 0.832. The summed E-state index contributed by atoms with van der Waals surface area (Å²) >= 11 is 5.28. The number of hydrogen-bond donors (Lipinski definition) is 2. The smallest absolute Gasteiger partial charge is 0.243 e. The number of carbonyl (C=O) groups is 1. The zero-order chi connectivity index (χ0) is 15.9. The van der Waals surface area contributed by atoms with Crippen molar-refractivity contribution in [2.75, 3.05) is 0 Å². The number of aryl methyl sites for hydroxylation is 1. The molecule has 1 amide bonds. The third-order valence-electron chi connectivity index (χ3n) is 3.26. The van der Waals surface area contributed by atoms with Gasteiger partial charge < -0.3 is 14.9 Å². The van der Waals surface area contributed by atoms with Crippen LogP contribution >= 0.6 is 12.2 Å². The Hall–Kier alpha value is -1.69. The van der Waals surface area contributed by atoms with Gasteiger partial charge in [-0.15, -0.1) is 0 Å². The highest BCUT2D eigenvalue weighted by atomic mass is 32.1. The number of aromatic amines is 1. The molecule has 1 atom stereocenters. The van der Waals surface area contributed by atoms with Crippen molar-refractivity contribution >= 4 is 29.2 Å². The lowest BCUT2D eigenvalue weighted by Gasteiger charge is -2.24. The Morgan fingerprint density at radius 3 is 2.62 bits per heavy atom. The van der Waals surface area contributed by atoms with Gasteiger partial charge in [-0.1, -0.05) is 0 Å². The van der Waals surface area contributed by atoms with Gasteiger partial charge in [-0.2, -0.15) is 0 Å². The second-order valence-corrected chi connectivity index (χ2v) is 6.72. The van der Waals surface area contributed by atoms with Gasteiger partial charge in [0.05, 0.1) is 11.0 Å². The third-order valence-corrected chi connectivity index (χ3v) is 3.56. The Bertz CT molecular complexity index is 755. The Morgan fingerprint density at radius 2 is 2.05 bits per heavy atom. The number of halogens is 1. The summed E-state index contributed by atoms with van der Waals surface area (Å²) in [5.74, 6) is -0.417. The van der Waals surface area contributed by atoms with Gasteiger partial charge >= 0.3 is 0 Å². The first-order chi connectivity index (χ1) is 9.60. The van der Waals surface area contributed by atoms with Crippen LogP contribution in [0.5, 0.6) is 0 Å². The fourth-order valence-electron chi connectivity index (χ4n) is 2.23. The van der Waals surface area contributed by atoms with Crippen LogP contribution < -0.4 is 5.32 Å². The predicted molar refractivity (Wildman–Crippen MR) is 84.4 cm³/mol. The third kappa shape index (κ3) is 3.15. The van der Waals surface area contributed by atoms with E-state index in [9.17, 15) is 9.18 Å². The summed E-state index contributed by atoms with van der Waals surface area (Å²) in [5, 5.41) is 2.93. The molecule has 0 saturated heterocycles. The van der Waals surface area contributed by atoms with Crippen LogP contribution in [0.4, 0.5) is 4.39 Å². The van der Waals surface area contributed by atoms with Crippen molar-refractivity contribution < 1.29 is 9.18 Å². The summed E-state index contributed by atoms with van der Waals surface area (Å²) in [6, 6.07) is 2.64. The highest BCUT2D eigenvalue weighted by molar-refractivity contribution is 7.71. The number of rotatable bonds is 2. The zero-order valence-corrected chi connectivity index (χ0v) is 13.7. The van der Waals surface area contributed by atoms with E-state index in [0.717, 1.165) is 5.52 Å². The number of carbonyl (C=O) groups excluding carboxylic acids is 1. The van der Waals surface area contributed by atoms with Crippen molar-refractivity contribution in [3.05, 3.63) is 28.3 Å². The van der Waals surface area contributed by atoms with E-state index in [2.05, 4.69) is 10.3 Å². The molecular formula is C15H20FN3OS. The number of nitrogens with one attached hydrogen (secondary N) is 2. The number of H-pyrrole nitrogens is 1. The average molecular weight is 309 g/mol. The minimum Gasteiger partial charge on any atom is -0.350 e. The molecule has 0 spiro atoms. The van der Waals surface area contributed by atoms with Gasteiger partial charge in [0.1, 0.15) is 11.9 Å². The molecule has 0 aliphatic carbocycles. The van der Waals surface area contributed by atoms with Crippen molar-refractivity contribution in [1.29, 1.82) is 0 Å². The number of benzene rings is 1. The number of amides is 1. The van der Waals surface area contributed by atoms with Gasteiger partial charge in [0.25, 0.3) is 0 Å². The molecule has 1 aromatic heterocycles. The Morgan fingerprint density at radius 1 is 1.43 bits per heavy atom. The summed E-state index contributed by atoms with van der Waals surface area (Å²) < 4.78 is 15.8. The molecule has 0 radical (unpaired) electrons. The molecule has 6 heteroatoms. The van der Waals surface area contributed by atoms with E-state index in [4.69, 9.17) is 12.2 Å². The molecule has 2 aromatic rings. The van der Waals surface area contributed by atoms with Crippen LogP contribution in [0.2, 0.25) is 0 Å². The molecular weight excluding hydrogens is 289 g/mol. The van der Waals surface area contributed by atoms with Gasteiger partial charge in [0.2, 0.25) is 5.91 Å². The molecule has 1 unspecified atom stereocenters. The van der Waals surface area contributed by atoms with Crippen LogP contribution in [0, 0.1) is 17.5 Å². The summed E-state index contributed by atoms with van der Waals surface area (Å²) in [6.45, 7) is 9.24. The molecule has 0 saturated carbocycles. The van der Waals surface area contributed by atoms with E-state index in [1.807, 2.05) is 20.8 Å². The van der Waals surface area contributed by atoms with Crippen LogP contribution in [-0.4, -0.2) is 21.0 Å². The highest BCUT2D eigenvalue weighted by Crippen LogP contribution is 2.23. The SMILES string of the molecule is Cc1cc2c(cc1F)[nH]c(=S)n2C(C)C(=O)NC(C)(C)C. The largest absolute Gasteiger partial charge is 0.350 e. The number of nitrogens with zero attached hydrogens (tertiary/aromatic N) is 1. The highest BCUT2D eigenvalue weighted by Gasteiger charge is 2.23. The van der Waals surface area contributed by atoms with Crippen molar-refractivity contribution in [3.8, 4) is 0 Å². The molecule has 0 aliphatic rings. The molecule has 21 heavy (non-hydrogen) atoms. The summed E-state index contributed by atoms with van der Waals surface area (Å²) in [6.07, 6.45) is 0. The van der Waals surface area contributed by atoms with Gasteiger partial charge in [-0.25, -0.2) is 4.39 Å². The molecule has 2 rings (SSSR count). The molecule has 2 N–H and O–H groups in total. The van der Waals surface area contributed by atoms with E-state index >= 15 is 0 Å². The van der Waals surface area contributed by atoms with E-state index in [-0.39, 0.29) is 17.3 Å². The Balaban J connectivity index is 2.51. The first-order valence-electron chi connectivity index (χ1n) is 6.82. The van der Waals surface area contributed by atoms with Crippen LogP contribution in [-0.2, 0) is 4.79 Å². The standard InChI is InChI=1S/C15H20FN3OS/c1-8-6-12-11(7-10(8)16)17-14(21)19(12)9(2)13(20)18-15(3,4)5/h6-7,9H,1-5H3,(H,17,21)(H,18,20). The first-order valence-corrected chi connectivity index (χ1v) is 7.23. The second kappa shape index (κ2) is 5.26. The molecule has 0 fully saturated rings. The summed E-state index contributed by atoms with van der Waals surface area (Å²) in [4.78, 5) is 15.3. The van der Waals surface area contributed by atoms with Crippen LogP contribution in [0.25, 0.3) is 11.0 Å². The fourth-order valence-corrected chi connectivity index (χ4v) is 2.59. The van der Waals surface area contributed by atoms with Crippen LogP contribution in [0.1, 0.15) is 39.3 Å². The zero-order valence-electron chi connectivity index (χ0n) is 12.9. The minimum absolute atomic E-state index is 0.124. The van der Waals surface area contributed by atoms with Gasteiger partial charge in [0, 0.05) is 5.54 Å². The molecule has 1 aromatic carbocycles. The maximum absolute atomic E-state index is 13.6. The predicted octanol–water partition coefficient (Wildman–Crippen LogP) is 3.62. The number of aromatic nitrogens is 2. The first kappa shape index (κ1) is 15.7. The lowest BCUT2D eigenvalue weighted by Crippen LogP contribution is -2.43. The van der Waals surface area contributed by atoms with Crippen molar-refractivity contribution in [2.45, 2.75) is 46.2 Å². The molecule has 4 nitrogen and oxygen atoms in total. The Kier molecular flexibility index (Phi) is 3.93. The Labute approximate surface area is 128 Å². The second-order valence-electron chi connectivity index (χ2n) is 6.33. The number of imidazole rings is 1. The maximum Gasteiger partial charge on any atom is 0.243 e. The maximum atomic E-state index is 13.6. The molecule has 0 bridgehead atoms. The fraction of sp³-hybridized carbons (Fsp3) is 0.467. The average Bonchev–Trinajstić information content (AvgIpc) is 2.62. The molecule has 1 heterocycles. The monoisotopic (exact) mass is 309 g/mol.